The van der Waals surface area contributed by atoms with E-state index in [4.69, 9.17) is 10.8 Å². The monoisotopic (exact) mass is 262 g/mol. The Bertz CT molecular complexity index is 492. The molecule has 19 heavy (non-hydrogen) atoms. The maximum absolute atomic E-state index is 11.9. The highest BCUT2D eigenvalue weighted by molar-refractivity contribution is 5.89. The molecule has 0 bridgehead atoms. The zero-order valence-electron chi connectivity index (χ0n) is 10.8. The summed E-state index contributed by atoms with van der Waals surface area (Å²) in [6.45, 7) is 1.94. The quantitative estimate of drug-likeness (QED) is 0.701. The van der Waals surface area contributed by atoms with Crippen LogP contribution in [0.2, 0.25) is 0 Å². The van der Waals surface area contributed by atoms with Crippen molar-refractivity contribution in [1.82, 2.24) is 5.32 Å². The van der Waals surface area contributed by atoms with Crippen LogP contribution in [0.4, 0.5) is 5.69 Å². The molecule has 0 spiro atoms. The number of rotatable bonds is 5. The number of carboxylic acids is 1. The lowest BCUT2D eigenvalue weighted by atomic mass is 9.97. The van der Waals surface area contributed by atoms with Gasteiger partial charge in [0.15, 0.2) is 0 Å². The van der Waals surface area contributed by atoms with Gasteiger partial charge in [-0.2, -0.15) is 0 Å². The summed E-state index contributed by atoms with van der Waals surface area (Å²) >= 11 is 0. The van der Waals surface area contributed by atoms with E-state index in [9.17, 15) is 9.59 Å². The predicted octanol–water partition coefficient (Wildman–Crippen LogP) is 1.50. The summed E-state index contributed by atoms with van der Waals surface area (Å²) in [5.41, 5.74) is 6.31. The highest BCUT2D eigenvalue weighted by atomic mass is 16.4. The molecular weight excluding hydrogens is 244 g/mol. The number of hydrogen-bond acceptors (Lipinski definition) is 3. The summed E-state index contributed by atoms with van der Waals surface area (Å²) in [5.74, 6) is -1.13. The van der Waals surface area contributed by atoms with Crippen LogP contribution in [0.15, 0.2) is 24.3 Å². The van der Waals surface area contributed by atoms with Crippen molar-refractivity contribution >= 4 is 17.6 Å². The lowest BCUT2D eigenvalue weighted by Crippen LogP contribution is -2.43. The molecule has 1 saturated carbocycles. The largest absolute Gasteiger partial charge is 0.480 e. The van der Waals surface area contributed by atoms with Gasteiger partial charge >= 0.3 is 5.97 Å². The maximum Gasteiger partial charge on any atom is 0.329 e. The summed E-state index contributed by atoms with van der Waals surface area (Å²) in [6, 6.07) is 7.36. The summed E-state index contributed by atoms with van der Waals surface area (Å²) in [7, 11) is 0. The average molecular weight is 262 g/mol. The lowest BCUT2D eigenvalue weighted by Gasteiger charge is -2.16. The Balaban J connectivity index is 1.92. The molecular formula is C14H18N2O3. The Labute approximate surface area is 111 Å². The number of benzene rings is 1. The fourth-order valence-corrected chi connectivity index (χ4v) is 2.06. The normalized spacial score (nSPS) is 17.5. The highest BCUT2D eigenvalue weighted by Gasteiger charge is 2.51. The van der Waals surface area contributed by atoms with E-state index in [1.807, 2.05) is 19.1 Å². The predicted molar refractivity (Wildman–Crippen MR) is 71.6 cm³/mol. The molecule has 102 valence electrons. The first-order chi connectivity index (χ1) is 8.93. The summed E-state index contributed by atoms with van der Waals surface area (Å²) in [4.78, 5) is 22.8. The third-order valence-corrected chi connectivity index (χ3v) is 3.54. The zero-order valence-corrected chi connectivity index (χ0v) is 10.8. The van der Waals surface area contributed by atoms with Gasteiger partial charge in [-0.1, -0.05) is 19.1 Å². The van der Waals surface area contributed by atoms with E-state index < -0.39 is 11.5 Å². The van der Waals surface area contributed by atoms with Crippen molar-refractivity contribution in [3.8, 4) is 0 Å². The third kappa shape index (κ3) is 3.05. The van der Waals surface area contributed by atoms with Crippen LogP contribution >= 0.6 is 0 Å². The van der Waals surface area contributed by atoms with E-state index in [2.05, 4.69) is 5.32 Å². The molecule has 1 aromatic carbocycles. The van der Waals surface area contributed by atoms with E-state index >= 15 is 0 Å². The van der Waals surface area contributed by atoms with Crippen molar-refractivity contribution in [1.29, 1.82) is 0 Å². The van der Waals surface area contributed by atoms with Crippen LogP contribution < -0.4 is 11.1 Å². The van der Waals surface area contributed by atoms with E-state index in [0.29, 0.717) is 18.5 Å². The van der Waals surface area contributed by atoms with Gasteiger partial charge in [0.1, 0.15) is 5.54 Å². The Morgan fingerprint density at radius 2 is 1.95 bits per heavy atom. The average Bonchev–Trinajstić information content (AvgIpc) is 3.10. The number of aliphatic carboxylic acids is 1. The molecule has 1 aliphatic carbocycles. The molecule has 5 nitrogen and oxygen atoms in total. The van der Waals surface area contributed by atoms with Gasteiger partial charge < -0.3 is 16.2 Å². The van der Waals surface area contributed by atoms with Crippen molar-refractivity contribution in [3.63, 3.8) is 0 Å². The fraction of sp³-hybridized carbons (Fsp3) is 0.429. The van der Waals surface area contributed by atoms with Gasteiger partial charge in [-0.05, 0) is 36.5 Å². The van der Waals surface area contributed by atoms with Crippen molar-refractivity contribution < 1.29 is 14.7 Å². The van der Waals surface area contributed by atoms with Gasteiger partial charge in [-0.25, -0.2) is 4.79 Å². The van der Waals surface area contributed by atoms with Crippen LogP contribution in [0.3, 0.4) is 0 Å². The molecule has 1 unspecified atom stereocenters. The second kappa shape index (κ2) is 4.91. The van der Waals surface area contributed by atoms with Crippen molar-refractivity contribution in [2.45, 2.75) is 37.6 Å². The number of hydrogen-bond donors (Lipinski definition) is 3. The first kappa shape index (κ1) is 13.4. The number of anilines is 1. The summed E-state index contributed by atoms with van der Waals surface area (Å²) < 4.78 is 0. The maximum atomic E-state index is 11.9. The zero-order chi connectivity index (χ0) is 14.0. The number of carboxylic acid groups (broad SMARTS) is 1. The molecule has 2 rings (SSSR count). The highest BCUT2D eigenvalue weighted by Crippen LogP contribution is 2.36. The van der Waals surface area contributed by atoms with E-state index in [-0.39, 0.29) is 18.2 Å². The van der Waals surface area contributed by atoms with Gasteiger partial charge in [0.25, 0.3) is 0 Å². The Kier molecular flexibility index (Phi) is 3.46. The van der Waals surface area contributed by atoms with Gasteiger partial charge in [-0.3, -0.25) is 4.79 Å². The van der Waals surface area contributed by atoms with E-state index in [1.165, 1.54) is 0 Å². The van der Waals surface area contributed by atoms with Gasteiger partial charge in [0, 0.05) is 12.1 Å². The van der Waals surface area contributed by atoms with Gasteiger partial charge in [0.05, 0.1) is 0 Å². The van der Waals surface area contributed by atoms with Crippen LogP contribution in [0.25, 0.3) is 0 Å². The molecule has 5 heteroatoms. The molecule has 1 fully saturated rings. The second-order valence-electron chi connectivity index (χ2n) is 5.21. The molecule has 0 aromatic heterocycles. The number of nitrogens with two attached hydrogens (primary N) is 1. The minimum Gasteiger partial charge on any atom is -0.480 e. The molecule has 1 aliphatic rings. The first-order valence-electron chi connectivity index (χ1n) is 6.33. The van der Waals surface area contributed by atoms with Crippen LogP contribution in [-0.2, 0) is 9.59 Å². The second-order valence-corrected chi connectivity index (χ2v) is 5.21. The minimum atomic E-state index is -1.00. The number of nitrogens with one attached hydrogen (secondary N) is 1. The van der Waals surface area contributed by atoms with Crippen LogP contribution in [0.1, 0.15) is 37.7 Å². The SMILES string of the molecule is CC(CC(=O)NC1(C(=O)O)CC1)c1ccc(N)cc1. The molecule has 1 atom stereocenters. The summed E-state index contributed by atoms with van der Waals surface area (Å²) in [5, 5.41) is 11.6. The molecule has 0 saturated heterocycles. The van der Waals surface area contributed by atoms with Gasteiger partial charge in [-0.15, -0.1) is 0 Å². The first-order valence-corrected chi connectivity index (χ1v) is 6.33. The van der Waals surface area contributed by atoms with Crippen LogP contribution in [0.5, 0.6) is 0 Å². The molecule has 0 radical (unpaired) electrons. The molecule has 4 N–H and O–H groups in total. The topological polar surface area (TPSA) is 92.4 Å². The van der Waals surface area contributed by atoms with Crippen LogP contribution in [-0.4, -0.2) is 22.5 Å². The molecule has 0 aliphatic heterocycles. The number of amides is 1. The van der Waals surface area contributed by atoms with Crippen molar-refractivity contribution in [3.05, 3.63) is 29.8 Å². The number of carbonyl (C=O) groups excluding carboxylic acids is 1. The minimum absolute atomic E-state index is 0.0326. The number of nitrogen functional groups attached to an aromatic ring is 1. The lowest BCUT2D eigenvalue weighted by molar-refractivity contribution is -0.143. The molecule has 0 heterocycles. The number of carbonyl (C=O) groups is 2. The third-order valence-electron chi connectivity index (χ3n) is 3.54. The van der Waals surface area contributed by atoms with E-state index in [0.717, 1.165) is 5.56 Å². The fourth-order valence-electron chi connectivity index (χ4n) is 2.06. The smallest absolute Gasteiger partial charge is 0.329 e. The van der Waals surface area contributed by atoms with Crippen molar-refractivity contribution in [2.24, 2.45) is 0 Å². The summed E-state index contributed by atoms with van der Waals surface area (Å²) in [6.07, 6.45) is 1.31. The van der Waals surface area contributed by atoms with Crippen molar-refractivity contribution in [2.75, 3.05) is 5.73 Å². The Morgan fingerprint density at radius 3 is 2.42 bits per heavy atom. The Morgan fingerprint density at radius 1 is 1.37 bits per heavy atom. The van der Waals surface area contributed by atoms with Crippen LogP contribution in [0, 0.1) is 0 Å². The standard InChI is InChI=1S/C14H18N2O3/c1-9(10-2-4-11(15)5-3-10)8-12(17)16-14(6-7-14)13(18)19/h2-5,9H,6-8,15H2,1H3,(H,16,17)(H,18,19). The molecule has 1 aromatic rings. The Hall–Kier alpha value is -2.04. The van der Waals surface area contributed by atoms with Gasteiger partial charge in [0.2, 0.25) is 5.91 Å². The molecule has 1 amide bonds. The van der Waals surface area contributed by atoms with E-state index in [1.54, 1.807) is 12.1 Å².